The van der Waals surface area contributed by atoms with E-state index in [2.05, 4.69) is 19.2 Å². The third-order valence-electron chi connectivity index (χ3n) is 3.93. The summed E-state index contributed by atoms with van der Waals surface area (Å²) < 4.78 is 5.73. The zero-order valence-corrected chi connectivity index (χ0v) is 9.51. The first-order valence-corrected chi connectivity index (χ1v) is 6.01. The highest BCUT2D eigenvalue weighted by molar-refractivity contribution is 4.87. The Balaban J connectivity index is 1.88. The van der Waals surface area contributed by atoms with Crippen LogP contribution in [0.25, 0.3) is 0 Å². The van der Waals surface area contributed by atoms with Gasteiger partial charge in [0.2, 0.25) is 0 Å². The largest absolute Gasteiger partial charge is 0.378 e. The molecule has 0 radical (unpaired) electrons. The molecule has 82 valence electrons. The van der Waals surface area contributed by atoms with Gasteiger partial charge in [0, 0.05) is 13.2 Å². The lowest BCUT2D eigenvalue weighted by molar-refractivity contribution is 0.0494. The summed E-state index contributed by atoms with van der Waals surface area (Å²) in [6.07, 6.45) is 5.75. The molecule has 0 spiro atoms. The van der Waals surface area contributed by atoms with Crippen molar-refractivity contribution in [2.45, 2.75) is 45.6 Å². The lowest BCUT2D eigenvalue weighted by Gasteiger charge is -2.40. The molecule has 2 fully saturated rings. The molecule has 2 aliphatic heterocycles. The highest BCUT2D eigenvalue weighted by Crippen LogP contribution is 2.36. The molecule has 0 amide bonds. The van der Waals surface area contributed by atoms with Crippen LogP contribution in [0.2, 0.25) is 0 Å². The first kappa shape index (κ1) is 10.4. The first-order chi connectivity index (χ1) is 6.68. The van der Waals surface area contributed by atoms with Crippen molar-refractivity contribution in [3.63, 3.8) is 0 Å². The van der Waals surface area contributed by atoms with Crippen LogP contribution < -0.4 is 5.32 Å². The van der Waals surface area contributed by atoms with E-state index in [9.17, 15) is 0 Å². The summed E-state index contributed by atoms with van der Waals surface area (Å²) in [6, 6.07) is 0. The molecular weight excluding hydrogens is 174 g/mol. The van der Waals surface area contributed by atoms with Gasteiger partial charge >= 0.3 is 0 Å². The highest BCUT2D eigenvalue weighted by atomic mass is 16.5. The minimum absolute atomic E-state index is 0.462. The molecule has 2 heteroatoms. The topological polar surface area (TPSA) is 21.3 Å². The number of ether oxygens (including phenoxy) is 1. The van der Waals surface area contributed by atoms with Gasteiger partial charge in [-0.2, -0.15) is 0 Å². The van der Waals surface area contributed by atoms with E-state index < -0.39 is 0 Å². The van der Waals surface area contributed by atoms with Crippen LogP contribution in [0.4, 0.5) is 0 Å². The normalized spacial score (nSPS) is 37.3. The second kappa shape index (κ2) is 4.19. The number of hydrogen-bond donors (Lipinski definition) is 1. The third kappa shape index (κ3) is 2.29. The molecule has 0 aromatic carbocycles. The van der Waals surface area contributed by atoms with Gasteiger partial charge in [-0.3, -0.25) is 0 Å². The van der Waals surface area contributed by atoms with Crippen LogP contribution in [-0.4, -0.2) is 25.8 Å². The number of nitrogens with one attached hydrogen (secondary N) is 1. The van der Waals surface area contributed by atoms with Gasteiger partial charge in [-0.1, -0.05) is 13.8 Å². The Kier molecular flexibility index (Phi) is 3.13. The van der Waals surface area contributed by atoms with Crippen LogP contribution in [0, 0.1) is 11.3 Å². The fraction of sp³-hybridized carbons (Fsp3) is 1.00. The SMILES string of the molecule is CC1(C)CNCCC1CC1CCCO1. The van der Waals surface area contributed by atoms with Gasteiger partial charge in [-0.25, -0.2) is 0 Å². The Morgan fingerprint density at radius 2 is 2.21 bits per heavy atom. The summed E-state index contributed by atoms with van der Waals surface area (Å²) in [5.41, 5.74) is 0.462. The quantitative estimate of drug-likeness (QED) is 0.732. The summed E-state index contributed by atoms with van der Waals surface area (Å²) in [6.45, 7) is 8.14. The van der Waals surface area contributed by atoms with Crippen LogP contribution in [0.1, 0.15) is 39.5 Å². The number of hydrogen-bond acceptors (Lipinski definition) is 2. The van der Waals surface area contributed by atoms with Gasteiger partial charge in [-0.15, -0.1) is 0 Å². The monoisotopic (exact) mass is 197 g/mol. The van der Waals surface area contributed by atoms with E-state index in [-0.39, 0.29) is 0 Å². The Labute approximate surface area is 87.4 Å². The van der Waals surface area contributed by atoms with Crippen LogP contribution in [0.15, 0.2) is 0 Å². The number of rotatable bonds is 2. The molecule has 2 saturated heterocycles. The molecule has 2 aliphatic rings. The minimum Gasteiger partial charge on any atom is -0.378 e. The lowest BCUT2D eigenvalue weighted by Crippen LogP contribution is -2.43. The van der Waals surface area contributed by atoms with E-state index in [0.717, 1.165) is 12.5 Å². The molecule has 0 saturated carbocycles. The number of piperidine rings is 1. The van der Waals surface area contributed by atoms with Crippen molar-refractivity contribution >= 4 is 0 Å². The minimum atomic E-state index is 0.462. The molecule has 0 aliphatic carbocycles. The Hall–Kier alpha value is -0.0800. The van der Waals surface area contributed by atoms with Crippen LogP contribution in [-0.2, 0) is 4.74 Å². The third-order valence-corrected chi connectivity index (χ3v) is 3.93. The molecule has 2 rings (SSSR count). The summed E-state index contributed by atoms with van der Waals surface area (Å²) in [4.78, 5) is 0. The van der Waals surface area contributed by atoms with Gasteiger partial charge in [0.15, 0.2) is 0 Å². The fourth-order valence-corrected chi connectivity index (χ4v) is 2.81. The Bertz CT molecular complexity index is 185. The van der Waals surface area contributed by atoms with Crippen molar-refractivity contribution in [1.82, 2.24) is 5.32 Å². The molecule has 2 unspecified atom stereocenters. The molecule has 2 nitrogen and oxygen atoms in total. The Morgan fingerprint density at radius 3 is 2.86 bits per heavy atom. The zero-order chi connectivity index (χ0) is 10.0. The van der Waals surface area contributed by atoms with Gasteiger partial charge in [0.1, 0.15) is 0 Å². The van der Waals surface area contributed by atoms with E-state index in [1.54, 1.807) is 0 Å². The second-order valence-corrected chi connectivity index (χ2v) is 5.52. The predicted octanol–water partition coefficient (Wildman–Crippen LogP) is 2.19. The van der Waals surface area contributed by atoms with E-state index in [1.165, 1.54) is 38.8 Å². The predicted molar refractivity (Wildman–Crippen MR) is 58.3 cm³/mol. The fourth-order valence-electron chi connectivity index (χ4n) is 2.81. The standard InChI is InChI=1S/C12H23NO/c1-12(2)9-13-6-5-10(12)8-11-4-3-7-14-11/h10-11,13H,3-9H2,1-2H3. The van der Waals surface area contributed by atoms with Gasteiger partial charge in [0.25, 0.3) is 0 Å². The summed E-state index contributed by atoms with van der Waals surface area (Å²) in [7, 11) is 0. The van der Waals surface area contributed by atoms with Crippen molar-refractivity contribution < 1.29 is 4.74 Å². The van der Waals surface area contributed by atoms with Crippen molar-refractivity contribution in [2.75, 3.05) is 19.7 Å². The average molecular weight is 197 g/mol. The molecule has 0 aromatic rings. The van der Waals surface area contributed by atoms with Crippen LogP contribution in [0.5, 0.6) is 0 Å². The summed E-state index contributed by atoms with van der Waals surface area (Å²) >= 11 is 0. The highest BCUT2D eigenvalue weighted by Gasteiger charge is 2.34. The van der Waals surface area contributed by atoms with E-state index >= 15 is 0 Å². The van der Waals surface area contributed by atoms with E-state index in [4.69, 9.17) is 4.74 Å². The van der Waals surface area contributed by atoms with Gasteiger partial charge in [-0.05, 0) is 43.6 Å². The molecule has 2 atom stereocenters. The zero-order valence-electron chi connectivity index (χ0n) is 9.51. The second-order valence-electron chi connectivity index (χ2n) is 5.52. The van der Waals surface area contributed by atoms with Crippen molar-refractivity contribution in [2.24, 2.45) is 11.3 Å². The van der Waals surface area contributed by atoms with Crippen molar-refractivity contribution in [1.29, 1.82) is 0 Å². The van der Waals surface area contributed by atoms with Gasteiger partial charge in [0.05, 0.1) is 6.10 Å². The maximum atomic E-state index is 5.73. The van der Waals surface area contributed by atoms with E-state index in [0.29, 0.717) is 11.5 Å². The van der Waals surface area contributed by atoms with Crippen LogP contribution in [0.3, 0.4) is 0 Å². The lowest BCUT2D eigenvalue weighted by atomic mass is 9.72. The summed E-state index contributed by atoms with van der Waals surface area (Å²) in [5.74, 6) is 0.854. The van der Waals surface area contributed by atoms with Crippen molar-refractivity contribution in [3.8, 4) is 0 Å². The van der Waals surface area contributed by atoms with E-state index in [1.807, 2.05) is 0 Å². The van der Waals surface area contributed by atoms with Gasteiger partial charge < -0.3 is 10.1 Å². The Morgan fingerprint density at radius 1 is 1.36 bits per heavy atom. The van der Waals surface area contributed by atoms with Crippen molar-refractivity contribution in [3.05, 3.63) is 0 Å². The molecule has 2 heterocycles. The molecule has 0 bridgehead atoms. The van der Waals surface area contributed by atoms with Crippen LogP contribution >= 0.6 is 0 Å². The average Bonchev–Trinajstić information content (AvgIpc) is 2.61. The first-order valence-electron chi connectivity index (χ1n) is 6.01. The maximum Gasteiger partial charge on any atom is 0.0578 e. The molecule has 14 heavy (non-hydrogen) atoms. The molecule has 0 aromatic heterocycles. The summed E-state index contributed by atoms with van der Waals surface area (Å²) in [5, 5.41) is 3.49. The molecular formula is C12H23NO. The molecule has 1 N–H and O–H groups in total. The smallest absolute Gasteiger partial charge is 0.0578 e. The maximum absolute atomic E-state index is 5.73.